The smallest absolute Gasteiger partial charge is 0.409 e. The van der Waals surface area contributed by atoms with Gasteiger partial charge in [0.1, 0.15) is 0 Å². The zero-order chi connectivity index (χ0) is 14.4. The molecule has 0 radical (unpaired) electrons. The molecule has 2 aliphatic rings. The van der Waals surface area contributed by atoms with Crippen LogP contribution in [0.1, 0.15) is 51.9 Å². The van der Waals surface area contributed by atoms with Crippen LogP contribution in [0.15, 0.2) is 4.99 Å². The third-order valence-corrected chi connectivity index (χ3v) is 4.35. The minimum Gasteiger partial charge on any atom is -0.450 e. The van der Waals surface area contributed by atoms with Crippen molar-refractivity contribution in [3.8, 4) is 0 Å². The number of hydrogen-bond donors (Lipinski definition) is 1. The van der Waals surface area contributed by atoms with E-state index >= 15 is 0 Å². The summed E-state index contributed by atoms with van der Waals surface area (Å²) in [7, 11) is 0. The van der Waals surface area contributed by atoms with Gasteiger partial charge in [0, 0.05) is 19.0 Å². The van der Waals surface area contributed by atoms with E-state index in [-0.39, 0.29) is 12.1 Å². The van der Waals surface area contributed by atoms with Gasteiger partial charge in [-0.2, -0.15) is 0 Å². The van der Waals surface area contributed by atoms with E-state index in [1.54, 1.807) is 4.90 Å². The second-order valence-electron chi connectivity index (χ2n) is 5.81. The molecule has 1 aliphatic carbocycles. The second-order valence-corrected chi connectivity index (χ2v) is 5.81. The summed E-state index contributed by atoms with van der Waals surface area (Å²) in [5.41, 5.74) is 6.17. The van der Waals surface area contributed by atoms with Gasteiger partial charge in [-0.25, -0.2) is 4.79 Å². The molecule has 114 valence electrons. The summed E-state index contributed by atoms with van der Waals surface area (Å²) in [5, 5.41) is 0. The molecule has 5 nitrogen and oxygen atoms in total. The molecule has 1 amide bonds. The highest BCUT2D eigenvalue weighted by molar-refractivity contribution is 5.83. The Balaban J connectivity index is 1.79. The van der Waals surface area contributed by atoms with Gasteiger partial charge in [0.25, 0.3) is 0 Å². The molecule has 1 saturated heterocycles. The maximum atomic E-state index is 11.6. The normalized spacial score (nSPS) is 22.9. The largest absolute Gasteiger partial charge is 0.450 e. The molecule has 2 fully saturated rings. The van der Waals surface area contributed by atoms with Gasteiger partial charge in [0.2, 0.25) is 0 Å². The Morgan fingerprint density at radius 3 is 2.45 bits per heavy atom. The van der Waals surface area contributed by atoms with E-state index in [1.807, 2.05) is 6.92 Å². The van der Waals surface area contributed by atoms with Crippen LogP contribution in [0.2, 0.25) is 0 Å². The van der Waals surface area contributed by atoms with Crippen LogP contribution in [-0.2, 0) is 4.74 Å². The van der Waals surface area contributed by atoms with Gasteiger partial charge >= 0.3 is 6.09 Å². The van der Waals surface area contributed by atoms with E-state index in [0.29, 0.717) is 12.5 Å². The fourth-order valence-electron chi connectivity index (χ4n) is 3.11. The number of carbonyl (C=O) groups excluding carboxylic acids is 1. The summed E-state index contributed by atoms with van der Waals surface area (Å²) in [6, 6.07) is 0.280. The molecule has 1 aliphatic heterocycles. The highest BCUT2D eigenvalue weighted by Gasteiger charge is 2.24. The number of nitrogens with zero attached hydrogens (tertiary/aromatic N) is 2. The molecule has 1 saturated carbocycles. The van der Waals surface area contributed by atoms with Crippen molar-refractivity contribution >= 4 is 11.9 Å². The molecule has 0 atom stereocenters. The van der Waals surface area contributed by atoms with Gasteiger partial charge in [-0.1, -0.05) is 19.3 Å². The topological polar surface area (TPSA) is 67.9 Å². The van der Waals surface area contributed by atoms with Crippen LogP contribution < -0.4 is 5.73 Å². The Hall–Kier alpha value is -1.26. The molecule has 0 unspecified atom stereocenters. The lowest BCUT2D eigenvalue weighted by atomic mass is 9.88. The van der Waals surface area contributed by atoms with Crippen LogP contribution in [0.25, 0.3) is 0 Å². The quantitative estimate of drug-likeness (QED) is 0.638. The summed E-state index contributed by atoms with van der Waals surface area (Å²) in [6.45, 7) is 3.72. The minimum absolute atomic E-state index is 0.199. The Bertz CT molecular complexity index is 343. The predicted octanol–water partition coefficient (Wildman–Crippen LogP) is 2.54. The van der Waals surface area contributed by atoms with Crippen LogP contribution in [0, 0.1) is 5.92 Å². The first-order valence-corrected chi connectivity index (χ1v) is 7.95. The fraction of sp³-hybridized carbons (Fsp3) is 0.867. The second kappa shape index (κ2) is 7.50. The standard InChI is InChI=1S/C15H27N3O2/c1-2-20-15(19)18-10-8-13(9-11-18)17-14(16)12-6-4-3-5-7-12/h12-13H,2-11H2,1H3,(H2,16,17). The van der Waals surface area contributed by atoms with Crippen LogP contribution >= 0.6 is 0 Å². The highest BCUT2D eigenvalue weighted by Crippen LogP contribution is 2.24. The maximum absolute atomic E-state index is 11.6. The van der Waals surface area contributed by atoms with E-state index in [0.717, 1.165) is 31.8 Å². The number of nitrogens with two attached hydrogens (primary N) is 1. The molecule has 2 rings (SSSR count). The predicted molar refractivity (Wildman–Crippen MR) is 79.8 cm³/mol. The molecule has 0 spiro atoms. The van der Waals surface area contributed by atoms with Crippen molar-refractivity contribution in [1.29, 1.82) is 0 Å². The fourth-order valence-corrected chi connectivity index (χ4v) is 3.11. The summed E-state index contributed by atoms with van der Waals surface area (Å²) in [4.78, 5) is 18.1. The van der Waals surface area contributed by atoms with Crippen molar-refractivity contribution in [3.05, 3.63) is 0 Å². The van der Waals surface area contributed by atoms with Gasteiger partial charge in [0.15, 0.2) is 0 Å². The number of ether oxygens (including phenoxy) is 1. The molecule has 0 aromatic rings. The van der Waals surface area contributed by atoms with Gasteiger partial charge in [-0.15, -0.1) is 0 Å². The molecule has 1 heterocycles. The highest BCUT2D eigenvalue weighted by atomic mass is 16.6. The Morgan fingerprint density at radius 2 is 1.85 bits per heavy atom. The van der Waals surface area contributed by atoms with Gasteiger partial charge < -0.3 is 15.4 Å². The Labute approximate surface area is 121 Å². The van der Waals surface area contributed by atoms with Gasteiger partial charge in [-0.05, 0) is 32.6 Å². The SMILES string of the molecule is CCOC(=O)N1CCC(N=C(N)C2CCCCC2)CC1. The van der Waals surface area contributed by atoms with Gasteiger partial charge in [-0.3, -0.25) is 4.99 Å². The number of rotatable bonds is 3. The van der Waals surface area contributed by atoms with Crippen molar-refractivity contribution < 1.29 is 9.53 Å². The molecule has 0 aromatic heterocycles. The molecule has 0 bridgehead atoms. The summed E-state index contributed by atoms with van der Waals surface area (Å²) < 4.78 is 5.02. The number of amides is 1. The number of aliphatic imine (C=N–C) groups is 1. The molecular formula is C15H27N3O2. The lowest BCUT2D eigenvalue weighted by molar-refractivity contribution is 0.0975. The summed E-state index contributed by atoms with van der Waals surface area (Å²) in [5.74, 6) is 1.34. The minimum atomic E-state index is -0.199. The van der Waals surface area contributed by atoms with E-state index in [4.69, 9.17) is 15.5 Å². The monoisotopic (exact) mass is 281 g/mol. The van der Waals surface area contributed by atoms with Crippen LogP contribution in [-0.4, -0.2) is 42.6 Å². The lowest BCUT2D eigenvalue weighted by Crippen LogP contribution is -2.40. The summed E-state index contributed by atoms with van der Waals surface area (Å²) in [6.07, 6.45) is 7.87. The maximum Gasteiger partial charge on any atom is 0.409 e. The summed E-state index contributed by atoms with van der Waals surface area (Å²) >= 11 is 0. The van der Waals surface area contributed by atoms with Crippen LogP contribution in [0.3, 0.4) is 0 Å². The number of carbonyl (C=O) groups is 1. The zero-order valence-electron chi connectivity index (χ0n) is 12.5. The van der Waals surface area contributed by atoms with Crippen molar-refractivity contribution in [3.63, 3.8) is 0 Å². The van der Waals surface area contributed by atoms with Crippen molar-refractivity contribution in [1.82, 2.24) is 4.90 Å². The third-order valence-electron chi connectivity index (χ3n) is 4.35. The first-order valence-electron chi connectivity index (χ1n) is 7.95. The van der Waals surface area contributed by atoms with Crippen molar-refractivity contribution in [2.45, 2.75) is 57.9 Å². The van der Waals surface area contributed by atoms with E-state index < -0.39 is 0 Å². The average Bonchev–Trinajstić information content (AvgIpc) is 2.49. The van der Waals surface area contributed by atoms with E-state index in [1.165, 1.54) is 32.1 Å². The Morgan fingerprint density at radius 1 is 1.20 bits per heavy atom. The first-order chi connectivity index (χ1) is 9.70. The van der Waals surface area contributed by atoms with Gasteiger partial charge in [0.05, 0.1) is 18.5 Å². The average molecular weight is 281 g/mol. The number of hydrogen-bond acceptors (Lipinski definition) is 3. The van der Waals surface area contributed by atoms with E-state index in [2.05, 4.69) is 0 Å². The third kappa shape index (κ3) is 4.12. The number of amidine groups is 1. The Kier molecular flexibility index (Phi) is 5.68. The number of likely N-dealkylation sites (tertiary alicyclic amines) is 1. The first kappa shape index (κ1) is 15.1. The molecular weight excluding hydrogens is 254 g/mol. The molecule has 5 heteroatoms. The van der Waals surface area contributed by atoms with Crippen molar-refractivity contribution in [2.24, 2.45) is 16.6 Å². The van der Waals surface area contributed by atoms with Crippen LogP contribution in [0.5, 0.6) is 0 Å². The zero-order valence-corrected chi connectivity index (χ0v) is 12.5. The van der Waals surface area contributed by atoms with Crippen molar-refractivity contribution in [2.75, 3.05) is 19.7 Å². The lowest BCUT2D eigenvalue weighted by Gasteiger charge is -2.30. The number of piperidine rings is 1. The molecule has 2 N–H and O–H groups in total. The molecule has 0 aromatic carbocycles. The van der Waals surface area contributed by atoms with E-state index in [9.17, 15) is 4.79 Å². The molecule has 20 heavy (non-hydrogen) atoms. The van der Waals surface area contributed by atoms with Crippen LogP contribution in [0.4, 0.5) is 4.79 Å².